The van der Waals surface area contributed by atoms with Gasteiger partial charge in [0, 0.05) is 32.7 Å². The Morgan fingerprint density at radius 3 is 2.60 bits per heavy atom. The molecule has 1 saturated heterocycles. The highest BCUT2D eigenvalue weighted by Crippen LogP contribution is 2.10. The van der Waals surface area contributed by atoms with Gasteiger partial charge in [0.25, 0.3) is 0 Å². The number of amides is 1. The van der Waals surface area contributed by atoms with Gasteiger partial charge in [0.15, 0.2) is 0 Å². The second kappa shape index (κ2) is 7.04. The Bertz CT molecular complexity index is 493. The number of carbonyl (C=O) groups is 1. The van der Waals surface area contributed by atoms with Gasteiger partial charge in [-0.2, -0.15) is 5.26 Å². The SMILES string of the molecule is N#Cc1ccc(CN2CCCN(C(=O)CO)CC2)cc1. The Morgan fingerprint density at radius 1 is 1.20 bits per heavy atom. The van der Waals surface area contributed by atoms with E-state index in [9.17, 15) is 4.79 Å². The molecule has 0 atom stereocenters. The number of carbonyl (C=O) groups excluding carboxylic acids is 1. The quantitative estimate of drug-likeness (QED) is 0.875. The zero-order chi connectivity index (χ0) is 14.4. The molecule has 1 aliphatic heterocycles. The maximum Gasteiger partial charge on any atom is 0.248 e. The molecule has 1 heterocycles. The Kier molecular flexibility index (Phi) is 5.10. The molecule has 20 heavy (non-hydrogen) atoms. The third kappa shape index (κ3) is 3.80. The van der Waals surface area contributed by atoms with Crippen LogP contribution in [-0.2, 0) is 11.3 Å². The normalized spacial score (nSPS) is 16.5. The molecular formula is C15H19N3O2. The molecule has 5 heteroatoms. The number of nitrogens with zero attached hydrogens (tertiary/aromatic N) is 3. The van der Waals surface area contributed by atoms with E-state index in [1.807, 2.05) is 24.3 Å². The number of hydrogen-bond donors (Lipinski definition) is 1. The second-order valence-corrected chi connectivity index (χ2v) is 4.98. The first kappa shape index (κ1) is 14.5. The van der Waals surface area contributed by atoms with Gasteiger partial charge in [0.2, 0.25) is 5.91 Å². The molecular weight excluding hydrogens is 254 g/mol. The van der Waals surface area contributed by atoms with Crippen molar-refractivity contribution in [2.24, 2.45) is 0 Å². The predicted molar refractivity (Wildman–Crippen MR) is 74.7 cm³/mol. The molecule has 1 aliphatic rings. The maximum absolute atomic E-state index is 11.5. The van der Waals surface area contributed by atoms with E-state index in [1.54, 1.807) is 4.90 Å². The summed E-state index contributed by atoms with van der Waals surface area (Å²) in [6.45, 7) is 3.54. The third-order valence-corrected chi connectivity index (χ3v) is 3.57. The van der Waals surface area contributed by atoms with E-state index < -0.39 is 6.61 Å². The van der Waals surface area contributed by atoms with Gasteiger partial charge in [-0.3, -0.25) is 9.69 Å². The van der Waals surface area contributed by atoms with Crippen LogP contribution < -0.4 is 0 Å². The fourth-order valence-electron chi connectivity index (χ4n) is 2.42. The van der Waals surface area contributed by atoms with Crippen molar-refractivity contribution in [1.82, 2.24) is 9.80 Å². The van der Waals surface area contributed by atoms with Gasteiger partial charge in [-0.05, 0) is 24.1 Å². The molecule has 1 amide bonds. The van der Waals surface area contributed by atoms with Crippen molar-refractivity contribution >= 4 is 5.91 Å². The van der Waals surface area contributed by atoms with Gasteiger partial charge in [0.05, 0.1) is 11.6 Å². The number of aliphatic hydroxyl groups excluding tert-OH is 1. The fraction of sp³-hybridized carbons (Fsp3) is 0.467. The van der Waals surface area contributed by atoms with Crippen molar-refractivity contribution in [1.29, 1.82) is 5.26 Å². The van der Waals surface area contributed by atoms with Crippen molar-refractivity contribution < 1.29 is 9.90 Å². The van der Waals surface area contributed by atoms with Crippen molar-refractivity contribution in [3.8, 4) is 6.07 Å². The lowest BCUT2D eigenvalue weighted by Crippen LogP contribution is -2.36. The molecule has 1 N–H and O–H groups in total. The molecule has 1 aromatic carbocycles. The molecule has 0 unspecified atom stereocenters. The number of benzene rings is 1. The van der Waals surface area contributed by atoms with Crippen molar-refractivity contribution in [2.75, 3.05) is 32.8 Å². The van der Waals surface area contributed by atoms with Crippen LogP contribution in [0.5, 0.6) is 0 Å². The van der Waals surface area contributed by atoms with E-state index >= 15 is 0 Å². The Balaban J connectivity index is 1.90. The largest absolute Gasteiger partial charge is 0.387 e. The van der Waals surface area contributed by atoms with Gasteiger partial charge in [-0.25, -0.2) is 0 Å². The highest BCUT2D eigenvalue weighted by atomic mass is 16.3. The zero-order valence-corrected chi connectivity index (χ0v) is 11.5. The van der Waals surface area contributed by atoms with Crippen LogP contribution in [0.25, 0.3) is 0 Å². The Hall–Kier alpha value is -1.90. The average Bonchev–Trinajstić information content (AvgIpc) is 2.73. The second-order valence-electron chi connectivity index (χ2n) is 4.98. The smallest absolute Gasteiger partial charge is 0.248 e. The molecule has 0 aromatic heterocycles. The minimum absolute atomic E-state index is 0.190. The maximum atomic E-state index is 11.5. The lowest BCUT2D eigenvalue weighted by molar-refractivity contribution is -0.134. The van der Waals surface area contributed by atoms with Gasteiger partial charge in [-0.15, -0.1) is 0 Å². The van der Waals surface area contributed by atoms with Crippen molar-refractivity contribution in [2.45, 2.75) is 13.0 Å². The van der Waals surface area contributed by atoms with Crippen molar-refractivity contribution in [3.05, 3.63) is 35.4 Å². The lowest BCUT2D eigenvalue weighted by atomic mass is 10.1. The summed E-state index contributed by atoms with van der Waals surface area (Å²) < 4.78 is 0. The zero-order valence-electron chi connectivity index (χ0n) is 11.5. The van der Waals surface area contributed by atoms with Crippen LogP contribution in [0.1, 0.15) is 17.5 Å². The monoisotopic (exact) mass is 273 g/mol. The summed E-state index contributed by atoms with van der Waals surface area (Å²) in [4.78, 5) is 15.5. The molecule has 0 bridgehead atoms. The van der Waals surface area contributed by atoms with Crippen LogP contribution in [0.15, 0.2) is 24.3 Å². The summed E-state index contributed by atoms with van der Waals surface area (Å²) in [6, 6.07) is 9.71. The molecule has 1 aromatic rings. The van der Waals surface area contributed by atoms with Gasteiger partial charge in [-0.1, -0.05) is 12.1 Å². The van der Waals surface area contributed by atoms with Gasteiger partial charge >= 0.3 is 0 Å². The molecule has 106 valence electrons. The molecule has 0 radical (unpaired) electrons. The van der Waals surface area contributed by atoms with Crippen LogP contribution in [0.2, 0.25) is 0 Å². The average molecular weight is 273 g/mol. The van der Waals surface area contributed by atoms with E-state index in [-0.39, 0.29) is 5.91 Å². The van der Waals surface area contributed by atoms with E-state index in [0.717, 1.165) is 26.1 Å². The lowest BCUT2D eigenvalue weighted by Gasteiger charge is -2.21. The van der Waals surface area contributed by atoms with Crippen molar-refractivity contribution in [3.63, 3.8) is 0 Å². The topological polar surface area (TPSA) is 67.6 Å². The summed E-state index contributed by atoms with van der Waals surface area (Å²) in [7, 11) is 0. The van der Waals surface area contributed by atoms with Gasteiger partial charge < -0.3 is 10.0 Å². The van der Waals surface area contributed by atoms with Crippen LogP contribution in [-0.4, -0.2) is 53.6 Å². The Labute approximate surface area is 119 Å². The number of rotatable bonds is 3. The summed E-state index contributed by atoms with van der Waals surface area (Å²) in [5, 5.41) is 17.7. The van der Waals surface area contributed by atoms with Crippen LogP contribution in [0.4, 0.5) is 0 Å². The summed E-state index contributed by atoms with van der Waals surface area (Å²) in [5.41, 5.74) is 1.84. The molecule has 2 rings (SSSR count). The van der Waals surface area contributed by atoms with Gasteiger partial charge in [0.1, 0.15) is 6.61 Å². The van der Waals surface area contributed by atoms with E-state index in [2.05, 4.69) is 11.0 Å². The minimum Gasteiger partial charge on any atom is -0.387 e. The third-order valence-electron chi connectivity index (χ3n) is 3.57. The Morgan fingerprint density at radius 2 is 1.95 bits per heavy atom. The number of hydrogen-bond acceptors (Lipinski definition) is 4. The summed E-state index contributed by atoms with van der Waals surface area (Å²) in [6.07, 6.45) is 0.919. The molecule has 0 spiro atoms. The summed E-state index contributed by atoms with van der Waals surface area (Å²) in [5.74, 6) is -0.190. The van der Waals surface area contributed by atoms with Crippen LogP contribution in [0.3, 0.4) is 0 Å². The first-order valence-corrected chi connectivity index (χ1v) is 6.83. The molecule has 0 aliphatic carbocycles. The highest BCUT2D eigenvalue weighted by molar-refractivity contribution is 5.77. The first-order chi connectivity index (χ1) is 9.72. The van der Waals surface area contributed by atoms with E-state index in [0.29, 0.717) is 18.7 Å². The predicted octanol–water partition coefficient (Wildman–Crippen LogP) is 0.585. The number of aliphatic hydroxyl groups is 1. The van der Waals surface area contributed by atoms with Crippen LogP contribution >= 0.6 is 0 Å². The highest BCUT2D eigenvalue weighted by Gasteiger charge is 2.18. The fourth-order valence-corrected chi connectivity index (χ4v) is 2.42. The molecule has 5 nitrogen and oxygen atoms in total. The standard InChI is InChI=1S/C15H19N3O2/c16-10-13-2-4-14(5-3-13)11-17-6-1-7-18(9-8-17)15(20)12-19/h2-5,19H,1,6-9,11-12H2. The summed E-state index contributed by atoms with van der Waals surface area (Å²) >= 11 is 0. The van der Waals surface area contributed by atoms with Crippen LogP contribution in [0, 0.1) is 11.3 Å². The number of nitriles is 1. The minimum atomic E-state index is -0.407. The molecule has 0 saturated carbocycles. The van der Waals surface area contributed by atoms with E-state index in [4.69, 9.17) is 10.4 Å². The first-order valence-electron chi connectivity index (χ1n) is 6.83. The van der Waals surface area contributed by atoms with E-state index in [1.165, 1.54) is 5.56 Å². The molecule has 1 fully saturated rings.